The lowest BCUT2D eigenvalue weighted by Crippen LogP contribution is -2.55. The van der Waals surface area contributed by atoms with E-state index in [4.69, 9.17) is 0 Å². The second kappa shape index (κ2) is 4.85. The van der Waals surface area contributed by atoms with Gasteiger partial charge in [-0.3, -0.25) is 0 Å². The zero-order chi connectivity index (χ0) is 15.6. The van der Waals surface area contributed by atoms with Gasteiger partial charge in [-0.2, -0.15) is 0 Å². The molecule has 4 aliphatic rings. The Kier molecular flexibility index (Phi) is 3.36. The Morgan fingerprint density at radius 2 is 1.77 bits per heavy atom. The Morgan fingerprint density at radius 1 is 1.00 bits per heavy atom. The summed E-state index contributed by atoms with van der Waals surface area (Å²) < 4.78 is 0. The van der Waals surface area contributed by atoms with Crippen LogP contribution in [0.1, 0.15) is 78.6 Å². The molecule has 0 aliphatic heterocycles. The molecule has 22 heavy (non-hydrogen) atoms. The van der Waals surface area contributed by atoms with Crippen LogP contribution in [0.4, 0.5) is 0 Å². The number of hydrogen-bond acceptors (Lipinski definition) is 1. The molecule has 4 aliphatic carbocycles. The molecule has 3 saturated carbocycles. The van der Waals surface area contributed by atoms with E-state index in [9.17, 15) is 5.11 Å². The van der Waals surface area contributed by atoms with Gasteiger partial charge < -0.3 is 5.11 Å². The minimum Gasteiger partial charge on any atom is -0.389 e. The Hall–Kier alpha value is -0.300. The van der Waals surface area contributed by atoms with Gasteiger partial charge in [0.1, 0.15) is 0 Å². The molecule has 1 N–H and O–H groups in total. The summed E-state index contributed by atoms with van der Waals surface area (Å²) in [4.78, 5) is 0. The summed E-state index contributed by atoms with van der Waals surface area (Å²) >= 11 is 0. The lowest BCUT2D eigenvalue weighted by molar-refractivity contribution is -0.145. The van der Waals surface area contributed by atoms with E-state index in [-0.39, 0.29) is 11.0 Å². The van der Waals surface area contributed by atoms with Gasteiger partial charge >= 0.3 is 0 Å². The average Bonchev–Trinajstić information content (AvgIpc) is 2.79. The third-order valence-electron chi connectivity index (χ3n) is 9.12. The van der Waals surface area contributed by atoms with E-state index >= 15 is 0 Å². The molecule has 0 bridgehead atoms. The van der Waals surface area contributed by atoms with Crippen LogP contribution in [-0.4, -0.2) is 10.7 Å². The van der Waals surface area contributed by atoms with Crippen LogP contribution >= 0.6 is 0 Å². The van der Waals surface area contributed by atoms with Crippen molar-refractivity contribution < 1.29 is 5.11 Å². The Bertz CT molecular complexity index is 482. The minimum atomic E-state index is -0.382. The summed E-state index contributed by atoms with van der Waals surface area (Å²) in [7, 11) is 0. The van der Waals surface area contributed by atoms with Crippen LogP contribution in [0.15, 0.2) is 12.2 Å². The normalized spacial score (nSPS) is 57.1. The molecule has 0 spiro atoms. The summed E-state index contributed by atoms with van der Waals surface area (Å²) in [5.74, 6) is 3.50. The minimum absolute atomic E-state index is 0.191. The molecule has 0 amide bonds. The summed E-state index contributed by atoms with van der Waals surface area (Å²) in [6, 6.07) is 0. The molecule has 1 heteroatoms. The summed E-state index contributed by atoms with van der Waals surface area (Å²) in [5.41, 5.74) is 0.357. The molecule has 124 valence electrons. The molecule has 0 aromatic rings. The smallest absolute Gasteiger partial charge is 0.0701 e. The Balaban J connectivity index is 1.67. The highest BCUT2D eigenvalue weighted by Gasteiger charge is 2.63. The lowest BCUT2D eigenvalue weighted by atomic mass is 9.45. The predicted molar refractivity (Wildman–Crippen MR) is 91.5 cm³/mol. The van der Waals surface area contributed by atoms with Gasteiger partial charge in [-0.05, 0) is 92.3 Å². The first-order valence-electron chi connectivity index (χ1n) is 9.82. The van der Waals surface area contributed by atoms with Crippen molar-refractivity contribution in [3.63, 3.8) is 0 Å². The van der Waals surface area contributed by atoms with Crippen LogP contribution in [0.25, 0.3) is 0 Å². The summed E-state index contributed by atoms with van der Waals surface area (Å²) in [6.07, 6.45) is 16.3. The fourth-order valence-electron chi connectivity index (χ4n) is 7.53. The maximum atomic E-state index is 11.2. The van der Waals surface area contributed by atoms with E-state index in [1.54, 1.807) is 0 Å². The molecule has 7 atom stereocenters. The monoisotopic (exact) mass is 302 g/mol. The van der Waals surface area contributed by atoms with Crippen LogP contribution in [0.5, 0.6) is 0 Å². The highest BCUT2D eigenvalue weighted by Crippen LogP contribution is 2.68. The van der Waals surface area contributed by atoms with Gasteiger partial charge in [0.15, 0.2) is 0 Å². The first-order chi connectivity index (χ1) is 10.4. The topological polar surface area (TPSA) is 20.2 Å². The molecule has 0 radical (unpaired) electrons. The number of allylic oxidation sites excluding steroid dienone is 2. The standard InChI is InChI=1S/C21H34O/c1-4-21(22)14-11-18-16-9-8-15-7-5-6-12-19(15,2)17(16)10-13-20(18,21)3/h5-6,15-18,22H,4,7-14H2,1-3H3/t15-,16+,17-,18-,19-,20-,21+/m0/s1. The van der Waals surface area contributed by atoms with Crippen molar-refractivity contribution >= 4 is 0 Å². The quantitative estimate of drug-likeness (QED) is 0.648. The molecule has 0 unspecified atom stereocenters. The Labute approximate surface area is 136 Å². The highest BCUT2D eigenvalue weighted by molar-refractivity contribution is 5.15. The molecule has 0 aromatic heterocycles. The van der Waals surface area contributed by atoms with Crippen molar-refractivity contribution in [3.05, 3.63) is 12.2 Å². The third kappa shape index (κ3) is 1.75. The molecular formula is C21H34O. The number of hydrogen-bond donors (Lipinski definition) is 1. The van der Waals surface area contributed by atoms with Gasteiger partial charge in [-0.1, -0.05) is 32.9 Å². The van der Waals surface area contributed by atoms with Crippen molar-refractivity contribution in [2.45, 2.75) is 84.2 Å². The van der Waals surface area contributed by atoms with Gasteiger partial charge in [0.05, 0.1) is 5.60 Å². The van der Waals surface area contributed by atoms with E-state index in [1.165, 1.54) is 44.9 Å². The zero-order valence-corrected chi connectivity index (χ0v) is 14.8. The molecule has 1 nitrogen and oxygen atoms in total. The molecule has 3 fully saturated rings. The van der Waals surface area contributed by atoms with Crippen molar-refractivity contribution in [2.24, 2.45) is 34.5 Å². The fraction of sp³-hybridized carbons (Fsp3) is 0.905. The van der Waals surface area contributed by atoms with E-state index < -0.39 is 0 Å². The maximum Gasteiger partial charge on any atom is 0.0701 e. The van der Waals surface area contributed by atoms with Gasteiger partial charge in [-0.25, -0.2) is 0 Å². The number of rotatable bonds is 1. The third-order valence-corrected chi connectivity index (χ3v) is 9.12. The van der Waals surface area contributed by atoms with Crippen LogP contribution in [-0.2, 0) is 0 Å². The second-order valence-corrected chi connectivity index (χ2v) is 9.45. The fourth-order valence-corrected chi connectivity index (χ4v) is 7.53. The first kappa shape index (κ1) is 15.2. The van der Waals surface area contributed by atoms with Crippen LogP contribution in [0.2, 0.25) is 0 Å². The molecular weight excluding hydrogens is 268 g/mol. The number of fused-ring (bicyclic) bond motifs is 5. The van der Waals surface area contributed by atoms with E-state index in [2.05, 4.69) is 32.9 Å². The number of aliphatic hydroxyl groups is 1. The summed E-state index contributed by atoms with van der Waals surface area (Å²) in [5, 5.41) is 11.2. The highest BCUT2D eigenvalue weighted by atomic mass is 16.3. The lowest BCUT2D eigenvalue weighted by Gasteiger charge is -2.60. The maximum absolute atomic E-state index is 11.2. The van der Waals surface area contributed by atoms with E-state index in [1.807, 2.05) is 0 Å². The van der Waals surface area contributed by atoms with Crippen molar-refractivity contribution in [1.29, 1.82) is 0 Å². The molecule has 0 aromatic carbocycles. The second-order valence-electron chi connectivity index (χ2n) is 9.45. The van der Waals surface area contributed by atoms with E-state index in [0.717, 1.165) is 36.5 Å². The predicted octanol–water partition coefficient (Wildman–Crippen LogP) is 5.34. The molecule has 0 saturated heterocycles. The molecule has 4 rings (SSSR count). The van der Waals surface area contributed by atoms with E-state index in [0.29, 0.717) is 5.41 Å². The van der Waals surface area contributed by atoms with Crippen LogP contribution in [0, 0.1) is 34.5 Å². The average molecular weight is 303 g/mol. The van der Waals surface area contributed by atoms with Crippen molar-refractivity contribution in [3.8, 4) is 0 Å². The van der Waals surface area contributed by atoms with Gasteiger partial charge in [0.25, 0.3) is 0 Å². The largest absolute Gasteiger partial charge is 0.389 e. The zero-order valence-electron chi connectivity index (χ0n) is 14.8. The summed E-state index contributed by atoms with van der Waals surface area (Å²) in [6.45, 7) is 7.23. The van der Waals surface area contributed by atoms with Gasteiger partial charge in [0.2, 0.25) is 0 Å². The van der Waals surface area contributed by atoms with Crippen LogP contribution < -0.4 is 0 Å². The molecule has 0 heterocycles. The van der Waals surface area contributed by atoms with Crippen molar-refractivity contribution in [1.82, 2.24) is 0 Å². The Morgan fingerprint density at radius 3 is 2.55 bits per heavy atom. The SMILES string of the molecule is CC[C@@]1(O)CC[C@H]2[C@@H]3CC[C@@H]4CC=CC[C@]4(C)[C@H]3CC[C@@]21C. The van der Waals surface area contributed by atoms with Gasteiger partial charge in [0, 0.05) is 0 Å². The van der Waals surface area contributed by atoms with Gasteiger partial charge in [-0.15, -0.1) is 0 Å². The first-order valence-corrected chi connectivity index (χ1v) is 9.82. The van der Waals surface area contributed by atoms with Crippen LogP contribution in [0.3, 0.4) is 0 Å². The van der Waals surface area contributed by atoms with Crippen molar-refractivity contribution in [2.75, 3.05) is 0 Å².